The average Bonchev–Trinajstić information content (AvgIpc) is 2.64. The van der Waals surface area contributed by atoms with Crippen molar-refractivity contribution < 1.29 is 17.2 Å². The van der Waals surface area contributed by atoms with Crippen molar-refractivity contribution in [3.05, 3.63) is 76.3 Å². The van der Waals surface area contributed by atoms with Crippen molar-refractivity contribution in [2.75, 3.05) is 23.7 Å². The van der Waals surface area contributed by atoms with Gasteiger partial charge >= 0.3 is 0 Å². The predicted octanol–water partition coefficient (Wildman–Crippen LogP) is 5.81. The Balaban J connectivity index is 2.15. The van der Waals surface area contributed by atoms with Gasteiger partial charge in [-0.15, -0.1) is 0 Å². The highest BCUT2D eigenvalue weighted by molar-refractivity contribution is 7.92. The molecule has 0 heterocycles. The number of nitrogens with one attached hydrogen (secondary N) is 1. The van der Waals surface area contributed by atoms with Gasteiger partial charge in [-0.25, -0.2) is 17.2 Å². The molecule has 0 aliphatic carbocycles. The van der Waals surface area contributed by atoms with Crippen molar-refractivity contribution in [3.63, 3.8) is 0 Å². The number of rotatable bonds is 5. The molecule has 1 N–H and O–H groups in total. The molecule has 29 heavy (non-hydrogen) atoms. The molecule has 3 aromatic rings. The van der Waals surface area contributed by atoms with Crippen LogP contribution in [0.15, 0.2) is 59.5 Å². The van der Waals surface area contributed by atoms with Crippen molar-refractivity contribution >= 4 is 44.6 Å². The van der Waals surface area contributed by atoms with E-state index in [9.17, 15) is 17.2 Å². The first kappa shape index (κ1) is 21.4. The lowest BCUT2D eigenvalue weighted by Gasteiger charge is -2.19. The number of benzene rings is 3. The molecule has 0 aromatic heterocycles. The summed E-state index contributed by atoms with van der Waals surface area (Å²) in [5.74, 6) is -2.33. The topological polar surface area (TPSA) is 49.4 Å². The van der Waals surface area contributed by atoms with Crippen LogP contribution >= 0.6 is 23.2 Å². The van der Waals surface area contributed by atoms with Crippen LogP contribution in [-0.4, -0.2) is 22.5 Å². The molecule has 4 nitrogen and oxygen atoms in total. The molecule has 0 radical (unpaired) electrons. The molecule has 0 aliphatic heterocycles. The van der Waals surface area contributed by atoms with Gasteiger partial charge in [0.25, 0.3) is 10.0 Å². The maximum Gasteiger partial charge on any atom is 0.261 e. The van der Waals surface area contributed by atoms with E-state index in [-0.39, 0.29) is 26.2 Å². The van der Waals surface area contributed by atoms with E-state index < -0.39 is 21.7 Å². The van der Waals surface area contributed by atoms with Gasteiger partial charge < -0.3 is 4.90 Å². The molecule has 0 fully saturated rings. The van der Waals surface area contributed by atoms with E-state index in [0.29, 0.717) is 11.3 Å². The van der Waals surface area contributed by atoms with Gasteiger partial charge in [0.1, 0.15) is 0 Å². The maximum absolute atomic E-state index is 14.0. The minimum atomic E-state index is -4.03. The fourth-order valence-electron chi connectivity index (χ4n) is 2.82. The number of hydrogen-bond donors (Lipinski definition) is 1. The van der Waals surface area contributed by atoms with E-state index in [1.807, 2.05) is 0 Å². The molecule has 3 aromatic carbocycles. The Morgan fingerprint density at radius 1 is 0.897 bits per heavy atom. The van der Waals surface area contributed by atoms with Gasteiger partial charge in [-0.3, -0.25) is 4.72 Å². The van der Waals surface area contributed by atoms with E-state index in [4.69, 9.17) is 23.2 Å². The molecule has 0 amide bonds. The molecule has 152 valence electrons. The highest BCUT2D eigenvalue weighted by Gasteiger charge is 2.20. The van der Waals surface area contributed by atoms with Gasteiger partial charge in [0, 0.05) is 25.7 Å². The Morgan fingerprint density at radius 2 is 1.45 bits per heavy atom. The fraction of sp³-hybridized carbons (Fsp3) is 0.100. The first-order valence-corrected chi connectivity index (χ1v) is 10.6. The van der Waals surface area contributed by atoms with Crippen LogP contribution in [0.3, 0.4) is 0 Å². The van der Waals surface area contributed by atoms with Gasteiger partial charge in [0.05, 0.1) is 26.3 Å². The number of nitrogens with zero attached hydrogens (tertiary/aromatic N) is 1. The zero-order valence-corrected chi connectivity index (χ0v) is 17.7. The highest BCUT2D eigenvalue weighted by atomic mass is 35.5. The number of hydrogen-bond acceptors (Lipinski definition) is 3. The van der Waals surface area contributed by atoms with Crippen LogP contribution in [0.2, 0.25) is 10.0 Å². The summed E-state index contributed by atoms with van der Waals surface area (Å²) in [5, 5.41) is 0.554. The second-order valence-corrected chi connectivity index (χ2v) is 8.91. The molecule has 0 saturated carbocycles. The van der Waals surface area contributed by atoms with E-state index in [1.165, 1.54) is 24.3 Å². The van der Waals surface area contributed by atoms with Gasteiger partial charge in [-0.2, -0.15) is 0 Å². The lowest BCUT2D eigenvalue weighted by atomic mass is 10.0. The minimum Gasteiger partial charge on any atom is -0.375 e. The van der Waals surface area contributed by atoms with E-state index in [2.05, 4.69) is 4.72 Å². The summed E-state index contributed by atoms with van der Waals surface area (Å²) >= 11 is 12.6. The van der Waals surface area contributed by atoms with Crippen LogP contribution in [0, 0.1) is 11.6 Å². The summed E-state index contributed by atoms with van der Waals surface area (Å²) in [4.78, 5) is 1.69. The lowest BCUT2D eigenvalue weighted by Crippen LogP contribution is -2.14. The van der Waals surface area contributed by atoms with Gasteiger partial charge in [-0.1, -0.05) is 41.4 Å². The van der Waals surface area contributed by atoms with Crippen LogP contribution in [0.1, 0.15) is 0 Å². The Hall–Kier alpha value is -2.35. The highest BCUT2D eigenvalue weighted by Crippen LogP contribution is 2.40. The molecular weight excluding hydrogens is 441 g/mol. The molecular formula is C20H16Cl2F2N2O2S. The number of anilines is 2. The van der Waals surface area contributed by atoms with E-state index in [0.717, 1.165) is 12.1 Å². The third kappa shape index (κ3) is 4.47. The largest absolute Gasteiger partial charge is 0.375 e. The average molecular weight is 457 g/mol. The summed E-state index contributed by atoms with van der Waals surface area (Å²) in [6, 6.07) is 12.3. The summed E-state index contributed by atoms with van der Waals surface area (Å²) in [7, 11) is -0.521. The van der Waals surface area contributed by atoms with E-state index in [1.54, 1.807) is 37.2 Å². The van der Waals surface area contributed by atoms with Crippen LogP contribution in [0.25, 0.3) is 11.1 Å². The molecule has 0 atom stereocenters. The molecule has 0 bridgehead atoms. The van der Waals surface area contributed by atoms with Crippen LogP contribution in [0.4, 0.5) is 20.2 Å². The summed E-state index contributed by atoms with van der Waals surface area (Å²) in [5.41, 5.74) is 0.830. The Labute approximate surface area is 177 Å². The second-order valence-electron chi connectivity index (χ2n) is 6.41. The van der Waals surface area contributed by atoms with Gasteiger partial charge in [0.15, 0.2) is 11.6 Å². The van der Waals surface area contributed by atoms with Crippen LogP contribution in [0.5, 0.6) is 0 Å². The fourth-order valence-corrected chi connectivity index (χ4v) is 4.74. The van der Waals surface area contributed by atoms with Crippen LogP contribution in [-0.2, 0) is 10.0 Å². The predicted molar refractivity (Wildman–Crippen MR) is 113 cm³/mol. The zero-order chi connectivity index (χ0) is 21.3. The van der Waals surface area contributed by atoms with Crippen molar-refractivity contribution in [2.24, 2.45) is 0 Å². The third-order valence-corrected chi connectivity index (χ3v) is 6.09. The molecule has 0 saturated heterocycles. The number of halogens is 4. The molecule has 9 heteroatoms. The standard InChI is InChI=1S/C20H16Cl2F2N2O2S/c1-26(2)20-15(21)8-12(9-16(20)22)14-10-17(23)18(24)11-19(14)25-29(27,28)13-6-4-3-5-7-13/h3-11,25H,1-2H3. The zero-order valence-electron chi connectivity index (χ0n) is 15.4. The minimum absolute atomic E-state index is 0.0188. The van der Waals surface area contributed by atoms with Crippen molar-refractivity contribution in [2.45, 2.75) is 4.90 Å². The van der Waals surface area contributed by atoms with Gasteiger partial charge in [-0.05, 0) is 35.9 Å². The second kappa shape index (κ2) is 8.18. The first-order valence-electron chi connectivity index (χ1n) is 8.34. The van der Waals surface area contributed by atoms with Crippen molar-refractivity contribution in [1.82, 2.24) is 0 Å². The summed E-state index contributed by atoms with van der Waals surface area (Å²) in [6.45, 7) is 0. The maximum atomic E-state index is 14.0. The smallest absolute Gasteiger partial charge is 0.261 e. The Kier molecular flexibility index (Phi) is 6.03. The van der Waals surface area contributed by atoms with Crippen molar-refractivity contribution in [1.29, 1.82) is 0 Å². The summed E-state index contributed by atoms with van der Waals surface area (Å²) in [6.07, 6.45) is 0. The Bertz CT molecular complexity index is 1150. The molecule has 0 spiro atoms. The first-order chi connectivity index (χ1) is 13.6. The molecule has 0 unspecified atom stereocenters. The van der Waals surface area contributed by atoms with Gasteiger partial charge in [0.2, 0.25) is 0 Å². The monoisotopic (exact) mass is 456 g/mol. The SMILES string of the molecule is CN(C)c1c(Cl)cc(-c2cc(F)c(F)cc2NS(=O)(=O)c2ccccc2)cc1Cl. The third-order valence-electron chi connectivity index (χ3n) is 4.13. The quantitative estimate of drug-likeness (QED) is 0.527. The Morgan fingerprint density at radius 3 is 2.00 bits per heavy atom. The molecule has 3 rings (SSSR count). The normalized spacial score (nSPS) is 11.4. The lowest BCUT2D eigenvalue weighted by molar-refractivity contribution is 0.509. The van der Waals surface area contributed by atoms with Crippen LogP contribution < -0.4 is 9.62 Å². The molecule has 0 aliphatic rings. The van der Waals surface area contributed by atoms with Crippen molar-refractivity contribution in [3.8, 4) is 11.1 Å². The number of sulfonamides is 1. The summed E-state index contributed by atoms with van der Waals surface area (Å²) < 4.78 is 55.6. The van der Waals surface area contributed by atoms with E-state index >= 15 is 0 Å².